The highest BCUT2D eigenvalue weighted by molar-refractivity contribution is 5.99. The number of hydrogen-bond donors (Lipinski definition) is 0. The Hall–Kier alpha value is -4.32. The Morgan fingerprint density at radius 1 is 1.21 bits per heavy atom. The number of amides is 1. The number of nitrogens with zero attached hydrogens (tertiary/aromatic N) is 5. The zero-order valence-corrected chi connectivity index (χ0v) is 21.9. The molecule has 196 valence electrons. The minimum Gasteiger partial charge on any atom is -0.488 e. The number of rotatable bonds is 5. The van der Waals surface area contributed by atoms with E-state index < -0.39 is 11.7 Å². The molecule has 1 fully saturated rings. The average Bonchev–Trinajstić information content (AvgIpc) is 2.91. The van der Waals surface area contributed by atoms with Crippen LogP contribution in [0.3, 0.4) is 0 Å². The van der Waals surface area contributed by atoms with Crippen molar-refractivity contribution in [1.29, 1.82) is 5.26 Å². The number of carbonyl (C=O) groups excluding carboxylic acids is 1. The van der Waals surface area contributed by atoms with E-state index in [9.17, 15) is 10.1 Å². The predicted molar refractivity (Wildman–Crippen MR) is 144 cm³/mol. The summed E-state index contributed by atoms with van der Waals surface area (Å²) < 4.78 is 18.0. The predicted octanol–water partition coefficient (Wildman–Crippen LogP) is 4.95. The van der Waals surface area contributed by atoms with Crippen molar-refractivity contribution in [2.75, 3.05) is 31.1 Å². The summed E-state index contributed by atoms with van der Waals surface area (Å²) in [6.07, 6.45) is 5.27. The molecule has 0 bridgehead atoms. The summed E-state index contributed by atoms with van der Waals surface area (Å²) in [5, 5.41) is 10.3. The maximum Gasteiger partial charge on any atom is 0.410 e. The first kappa shape index (κ1) is 25.3. The number of piperazine rings is 1. The monoisotopic (exact) mass is 513 g/mol. The number of benzene rings is 2. The van der Waals surface area contributed by atoms with Gasteiger partial charge in [0.1, 0.15) is 42.5 Å². The fraction of sp³-hybridized carbons (Fsp3) is 0.379. The van der Waals surface area contributed by atoms with E-state index in [-0.39, 0.29) is 12.5 Å². The van der Waals surface area contributed by atoms with Gasteiger partial charge in [-0.2, -0.15) is 5.26 Å². The zero-order chi connectivity index (χ0) is 26.7. The summed E-state index contributed by atoms with van der Waals surface area (Å²) in [5.74, 6) is 2.08. The average molecular weight is 514 g/mol. The van der Waals surface area contributed by atoms with Gasteiger partial charge in [0, 0.05) is 25.7 Å². The van der Waals surface area contributed by atoms with Crippen LogP contribution in [0.2, 0.25) is 0 Å². The zero-order valence-electron chi connectivity index (χ0n) is 21.9. The number of anilines is 1. The molecule has 38 heavy (non-hydrogen) atoms. The van der Waals surface area contributed by atoms with Crippen LogP contribution in [0.5, 0.6) is 11.5 Å². The molecule has 2 aliphatic heterocycles. The third-order valence-electron chi connectivity index (χ3n) is 6.44. The van der Waals surface area contributed by atoms with E-state index >= 15 is 0 Å². The smallest absolute Gasteiger partial charge is 0.410 e. The van der Waals surface area contributed by atoms with Crippen molar-refractivity contribution in [3.8, 4) is 17.6 Å². The van der Waals surface area contributed by atoms with Crippen LogP contribution in [0.15, 0.2) is 48.8 Å². The Morgan fingerprint density at radius 3 is 2.79 bits per heavy atom. The van der Waals surface area contributed by atoms with Crippen molar-refractivity contribution in [2.24, 2.45) is 0 Å². The molecule has 0 N–H and O–H groups in total. The number of hydrogen-bond acceptors (Lipinski definition) is 8. The van der Waals surface area contributed by atoms with Crippen LogP contribution in [-0.2, 0) is 11.3 Å². The second-order valence-corrected chi connectivity index (χ2v) is 10.3. The van der Waals surface area contributed by atoms with Gasteiger partial charge >= 0.3 is 6.09 Å². The summed E-state index contributed by atoms with van der Waals surface area (Å²) >= 11 is 0. The number of ether oxygens (including phenoxy) is 3. The topological polar surface area (TPSA) is 101 Å². The summed E-state index contributed by atoms with van der Waals surface area (Å²) in [6.45, 7) is 7.75. The van der Waals surface area contributed by atoms with E-state index in [0.717, 1.165) is 16.5 Å². The van der Waals surface area contributed by atoms with Gasteiger partial charge in [-0.15, -0.1) is 0 Å². The fourth-order valence-corrected chi connectivity index (χ4v) is 4.75. The van der Waals surface area contributed by atoms with Crippen LogP contribution < -0.4 is 14.4 Å². The molecule has 0 saturated carbocycles. The van der Waals surface area contributed by atoms with Crippen LogP contribution in [0.1, 0.15) is 38.3 Å². The molecule has 0 unspecified atom stereocenters. The Labute approximate surface area is 222 Å². The van der Waals surface area contributed by atoms with Gasteiger partial charge in [0.15, 0.2) is 0 Å². The molecule has 3 aromatic rings. The lowest BCUT2D eigenvalue weighted by Gasteiger charge is -2.41. The summed E-state index contributed by atoms with van der Waals surface area (Å²) in [6, 6.07) is 13.8. The van der Waals surface area contributed by atoms with E-state index in [0.29, 0.717) is 55.7 Å². The van der Waals surface area contributed by atoms with E-state index in [1.807, 2.05) is 69.3 Å². The van der Waals surface area contributed by atoms with Gasteiger partial charge in [0.2, 0.25) is 0 Å². The molecular formula is C29H31N5O4. The minimum absolute atomic E-state index is 0.188. The lowest BCUT2D eigenvalue weighted by Crippen LogP contribution is -2.56. The standard InChI is InChI=1S/C29H31N5O4/c1-29(2,3)38-28(35)34-14-13-33(17-21(34)11-12-30)27-25-23(31-19-32-27)16-24(22-10-7-15-36-26(22)25)37-18-20-8-5-4-6-9-20/h4-10,16,19,21H,11,13-15,17-18H2,1-3H3/t21-/m0/s1. The Balaban J connectivity index is 1.47. The highest BCUT2D eigenvalue weighted by Gasteiger charge is 2.35. The normalized spacial score (nSPS) is 16.9. The van der Waals surface area contributed by atoms with Crippen LogP contribution in [0.4, 0.5) is 10.6 Å². The number of nitriles is 1. The minimum atomic E-state index is -0.613. The number of fused-ring (bicyclic) bond motifs is 3. The second kappa shape index (κ2) is 10.6. The van der Waals surface area contributed by atoms with E-state index in [1.54, 1.807) is 4.90 Å². The van der Waals surface area contributed by atoms with Gasteiger partial charge < -0.3 is 24.0 Å². The van der Waals surface area contributed by atoms with Crippen molar-refractivity contribution in [2.45, 2.75) is 45.4 Å². The van der Waals surface area contributed by atoms with Crippen molar-refractivity contribution in [3.05, 3.63) is 59.9 Å². The molecular weight excluding hydrogens is 482 g/mol. The number of aromatic nitrogens is 2. The maximum absolute atomic E-state index is 12.9. The van der Waals surface area contributed by atoms with Crippen molar-refractivity contribution < 1.29 is 19.0 Å². The molecule has 1 atom stereocenters. The van der Waals surface area contributed by atoms with Crippen molar-refractivity contribution >= 4 is 28.9 Å². The van der Waals surface area contributed by atoms with Crippen LogP contribution in [0.25, 0.3) is 17.0 Å². The molecule has 1 amide bonds. The second-order valence-electron chi connectivity index (χ2n) is 10.3. The van der Waals surface area contributed by atoms with Crippen LogP contribution in [0, 0.1) is 11.3 Å². The van der Waals surface area contributed by atoms with E-state index in [4.69, 9.17) is 14.2 Å². The maximum atomic E-state index is 12.9. The fourth-order valence-electron chi connectivity index (χ4n) is 4.75. The third kappa shape index (κ3) is 5.35. The van der Waals surface area contributed by atoms with Gasteiger partial charge in [-0.05, 0) is 38.5 Å². The summed E-state index contributed by atoms with van der Waals surface area (Å²) in [4.78, 5) is 25.8. The number of carbonyl (C=O) groups is 1. The molecule has 0 radical (unpaired) electrons. The molecule has 5 rings (SSSR count). The van der Waals surface area contributed by atoms with Gasteiger partial charge in [0.05, 0.1) is 35.0 Å². The van der Waals surface area contributed by atoms with E-state index in [2.05, 4.69) is 20.9 Å². The lowest BCUT2D eigenvalue weighted by molar-refractivity contribution is 0.0145. The molecule has 0 aliphatic carbocycles. The SMILES string of the molecule is CC(C)(C)OC(=O)N1CCN(c2ncnc3cc(OCc4ccccc4)c4c(c23)OCC=C4)C[C@@H]1CC#N. The largest absolute Gasteiger partial charge is 0.488 e. The molecule has 2 aliphatic rings. The molecule has 3 heterocycles. The Kier molecular flexibility index (Phi) is 7.05. The lowest BCUT2D eigenvalue weighted by atomic mass is 10.0. The molecule has 2 aromatic carbocycles. The first-order chi connectivity index (χ1) is 18.3. The van der Waals surface area contributed by atoms with Crippen LogP contribution in [-0.4, -0.2) is 58.8 Å². The van der Waals surface area contributed by atoms with Crippen LogP contribution >= 0.6 is 0 Å². The highest BCUT2D eigenvalue weighted by Crippen LogP contribution is 2.43. The first-order valence-corrected chi connectivity index (χ1v) is 12.7. The highest BCUT2D eigenvalue weighted by atomic mass is 16.6. The van der Waals surface area contributed by atoms with E-state index in [1.165, 1.54) is 6.33 Å². The van der Waals surface area contributed by atoms with Crippen molar-refractivity contribution in [1.82, 2.24) is 14.9 Å². The first-order valence-electron chi connectivity index (χ1n) is 12.7. The molecule has 1 aromatic heterocycles. The summed E-state index contributed by atoms with van der Waals surface area (Å²) in [5.41, 5.74) is 2.01. The quantitative estimate of drug-likeness (QED) is 0.472. The van der Waals surface area contributed by atoms with Gasteiger partial charge in [-0.3, -0.25) is 0 Å². The Bertz CT molecular complexity index is 1390. The molecule has 0 spiro atoms. The Morgan fingerprint density at radius 2 is 2.03 bits per heavy atom. The van der Waals surface area contributed by atoms with Gasteiger partial charge in [-0.25, -0.2) is 14.8 Å². The molecule has 9 heteroatoms. The summed E-state index contributed by atoms with van der Waals surface area (Å²) in [7, 11) is 0. The molecule has 9 nitrogen and oxygen atoms in total. The van der Waals surface area contributed by atoms with Crippen molar-refractivity contribution in [3.63, 3.8) is 0 Å². The molecule has 1 saturated heterocycles. The van der Waals surface area contributed by atoms with Gasteiger partial charge in [0.25, 0.3) is 0 Å². The third-order valence-corrected chi connectivity index (χ3v) is 6.44. The van der Waals surface area contributed by atoms with Gasteiger partial charge in [-0.1, -0.05) is 30.3 Å².